The van der Waals surface area contributed by atoms with Crippen molar-refractivity contribution < 1.29 is 14.3 Å². The molecule has 0 spiro atoms. The number of methoxy groups -OCH3 is 1. The van der Waals surface area contributed by atoms with E-state index in [9.17, 15) is 9.59 Å². The van der Waals surface area contributed by atoms with Gasteiger partial charge in [-0.3, -0.25) is 4.90 Å². The van der Waals surface area contributed by atoms with Gasteiger partial charge in [-0.25, -0.2) is 14.6 Å². The van der Waals surface area contributed by atoms with E-state index in [1.165, 1.54) is 18.2 Å². The van der Waals surface area contributed by atoms with E-state index in [1.54, 1.807) is 24.1 Å². The van der Waals surface area contributed by atoms with Gasteiger partial charge in [0.15, 0.2) is 0 Å². The van der Waals surface area contributed by atoms with Gasteiger partial charge in [0, 0.05) is 26.3 Å². The minimum Gasteiger partial charge on any atom is -0.465 e. The number of esters is 1. The van der Waals surface area contributed by atoms with Crippen molar-refractivity contribution in [3.05, 3.63) is 23.9 Å². The van der Waals surface area contributed by atoms with Gasteiger partial charge < -0.3 is 9.64 Å². The molecule has 2 amide bonds. The number of urea groups is 1. The summed E-state index contributed by atoms with van der Waals surface area (Å²) in [7, 11) is 3.05. The molecule has 2 heterocycles. The molecule has 17 heavy (non-hydrogen) atoms. The van der Waals surface area contributed by atoms with Crippen molar-refractivity contribution in [1.29, 1.82) is 0 Å². The van der Waals surface area contributed by atoms with Crippen molar-refractivity contribution in [3.8, 4) is 0 Å². The number of anilines is 1. The zero-order valence-corrected chi connectivity index (χ0v) is 9.71. The normalized spacial score (nSPS) is 15.3. The van der Waals surface area contributed by atoms with Crippen molar-refractivity contribution in [1.82, 2.24) is 9.88 Å². The lowest BCUT2D eigenvalue weighted by molar-refractivity contribution is 0.0600. The maximum atomic E-state index is 11.8. The number of amides is 2. The van der Waals surface area contributed by atoms with Gasteiger partial charge in [-0.2, -0.15) is 0 Å². The first-order valence-electron chi connectivity index (χ1n) is 5.20. The van der Waals surface area contributed by atoms with Crippen LogP contribution in [0, 0.1) is 0 Å². The fourth-order valence-electron chi connectivity index (χ4n) is 1.67. The van der Waals surface area contributed by atoms with Crippen LogP contribution in [0.15, 0.2) is 18.3 Å². The Hall–Kier alpha value is -2.11. The van der Waals surface area contributed by atoms with E-state index >= 15 is 0 Å². The number of nitrogens with zero attached hydrogens (tertiary/aromatic N) is 3. The second-order valence-corrected chi connectivity index (χ2v) is 3.75. The maximum absolute atomic E-state index is 11.8. The van der Waals surface area contributed by atoms with Gasteiger partial charge in [0.1, 0.15) is 5.82 Å². The molecule has 1 saturated heterocycles. The first-order chi connectivity index (χ1) is 8.13. The second-order valence-electron chi connectivity index (χ2n) is 3.75. The molecule has 6 nitrogen and oxygen atoms in total. The Morgan fingerprint density at radius 3 is 2.82 bits per heavy atom. The van der Waals surface area contributed by atoms with Crippen molar-refractivity contribution in [2.45, 2.75) is 0 Å². The van der Waals surface area contributed by atoms with Crippen LogP contribution in [0.2, 0.25) is 0 Å². The molecule has 0 aromatic carbocycles. The predicted octanol–water partition coefficient (Wildman–Crippen LogP) is 0.740. The standard InChI is InChI=1S/C11H13N3O3/c1-13-5-6-14(11(13)16)9-7-8(3-4-12-9)10(15)17-2/h3-4,7H,5-6H2,1-2H3. The van der Waals surface area contributed by atoms with Gasteiger partial charge in [-0.15, -0.1) is 0 Å². The highest BCUT2D eigenvalue weighted by molar-refractivity contribution is 5.95. The molecule has 0 radical (unpaired) electrons. The second kappa shape index (κ2) is 4.40. The van der Waals surface area contributed by atoms with Crippen LogP contribution in [-0.4, -0.2) is 49.1 Å². The van der Waals surface area contributed by atoms with Gasteiger partial charge in [0.2, 0.25) is 0 Å². The highest BCUT2D eigenvalue weighted by Gasteiger charge is 2.27. The molecule has 1 aromatic rings. The van der Waals surface area contributed by atoms with E-state index in [0.29, 0.717) is 24.5 Å². The molecule has 90 valence electrons. The lowest BCUT2D eigenvalue weighted by Gasteiger charge is -2.15. The fourth-order valence-corrected chi connectivity index (χ4v) is 1.67. The number of rotatable bonds is 2. The Morgan fingerprint density at radius 2 is 2.24 bits per heavy atom. The van der Waals surface area contributed by atoms with Gasteiger partial charge in [0.05, 0.1) is 12.7 Å². The van der Waals surface area contributed by atoms with Crippen LogP contribution in [0.1, 0.15) is 10.4 Å². The van der Waals surface area contributed by atoms with Crippen molar-refractivity contribution in [3.63, 3.8) is 0 Å². The minimum atomic E-state index is -0.436. The summed E-state index contributed by atoms with van der Waals surface area (Å²) in [6.07, 6.45) is 1.49. The van der Waals surface area contributed by atoms with Gasteiger partial charge in [-0.1, -0.05) is 0 Å². The Bertz CT molecular complexity index is 461. The first-order valence-corrected chi connectivity index (χ1v) is 5.20. The highest BCUT2D eigenvalue weighted by atomic mass is 16.5. The van der Waals surface area contributed by atoms with Gasteiger partial charge in [-0.05, 0) is 12.1 Å². The van der Waals surface area contributed by atoms with E-state index in [4.69, 9.17) is 0 Å². The summed E-state index contributed by atoms with van der Waals surface area (Å²) in [6, 6.07) is 3.00. The van der Waals surface area contributed by atoms with Gasteiger partial charge in [0.25, 0.3) is 0 Å². The van der Waals surface area contributed by atoms with E-state index in [0.717, 1.165) is 0 Å². The molecule has 6 heteroatoms. The molecule has 2 rings (SSSR count). The van der Waals surface area contributed by atoms with Crippen molar-refractivity contribution >= 4 is 17.8 Å². The topological polar surface area (TPSA) is 62.7 Å². The molecule has 0 atom stereocenters. The Labute approximate surface area is 98.8 Å². The summed E-state index contributed by atoms with van der Waals surface area (Å²) >= 11 is 0. The fraction of sp³-hybridized carbons (Fsp3) is 0.364. The van der Waals surface area contributed by atoms with Crippen molar-refractivity contribution in [2.24, 2.45) is 0 Å². The quantitative estimate of drug-likeness (QED) is 0.709. The summed E-state index contributed by atoms with van der Waals surface area (Å²) in [5.41, 5.74) is 0.389. The van der Waals surface area contributed by atoms with E-state index < -0.39 is 5.97 Å². The van der Waals surface area contributed by atoms with Crippen LogP contribution in [0.5, 0.6) is 0 Å². The number of ether oxygens (including phenoxy) is 1. The average molecular weight is 235 g/mol. The number of hydrogen-bond acceptors (Lipinski definition) is 4. The SMILES string of the molecule is COC(=O)c1ccnc(N2CCN(C)C2=O)c1. The van der Waals surface area contributed by atoms with Crippen molar-refractivity contribution in [2.75, 3.05) is 32.1 Å². The minimum absolute atomic E-state index is 0.112. The molecule has 0 N–H and O–H groups in total. The molecule has 0 unspecified atom stereocenters. The van der Waals surface area contributed by atoms with Crippen LogP contribution in [0.4, 0.5) is 10.6 Å². The van der Waals surface area contributed by atoms with E-state index in [-0.39, 0.29) is 6.03 Å². The molecule has 1 fully saturated rings. The Balaban J connectivity index is 2.28. The monoisotopic (exact) mass is 235 g/mol. The average Bonchev–Trinajstić information content (AvgIpc) is 2.69. The predicted molar refractivity (Wildman–Crippen MR) is 60.9 cm³/mol. The number of carbonyl (C=O) groups excluding carboxylic acids is 2. The molecule has 0 saturated carbocycles. The molecular weight excluding hydrogens is 222 g/mol. The van der Waals surface area contributed by atoms with E-state index in [1.807, 2.05) is 0 Å². The number of hydrogen-bond donors (Lipinski definition) is 0. The summed E-state index contributed by atoms with van der Waals surface area (Å²) in [4.78, 5) is 30.3. The van der Waals surface area contributed by atoms with Crippen LogP contribution in [-0.2, 0) is 4.74 Å². The van der Waals surface area contributed by atoms with Crippen LogP contribution >= 0.6 is 0 Å². The molecule has 0 aliphatic carbocycles. The third-order valence-corrected chi connectivity index (χ3v) is 2.66. The van der Waals surface area contributed by atoms with Crippen LogP contribution in [0.3, 0.4) is 0 Å². The van der Waals surface area contributed by atoms with Gasteiger partial charge >= 0.3 is 12.0 Å². The lowest BCUT2D eigenvalue weighted by atomic mass is 10.2. The Kier molecular flexibility index (Phi) is 2.95. The largest absolute Gasteiger partial charge is 0.465 e. The summed E-state index contributed by atoms with van der Waals surface area (Å²) in [6.45, 7) is 1.23. The lowest BCUT2D eigenvalue weighted by Crippen LogP contribution is -2.29. The maximum Gasteiger partial charge on any atom is 0.338 e. The number of aromatic nitrogens is 1. The third kappa shape index (κ3) is 2.06. The molecule has 1 aliphatic heterocycles. The smallest absolute Gasteiger partial charge is 0.338 e. The first kappa shape index (κ1) is 11.4. The summed E-state index contributed by atoms with van der Waals surface area (Å²) in [5, 5.41) is 0. The highest BCUT2D eigenvalue weighted by Crippen LogP contribution is 2.18. The zero-order valence-electron chi connectivity index (χ0n) is 9.71. The summed E-state index contributed by atoms with van der Waals surface area (Å²) < 4.78 is 4.62. The van der Waals surface area contributed by atoms with E-state index in [2.05, 4.69) is 9.72 Å². The van der Waals surface area contributed by atoms with Crippen LogP contribution in [0.25, 0.3) is 0 Å². The Morgan fingerprint density at radius 1 is 1.47 bits per heavy atom. The van der Waals surface area contributed by atoms with Crippen LogP contribution < -0.4 is 4.90 Å². The number of pyridine rings is 1. The molecule has 0 bridgehead atoms. The molecule has 1 aromatic heterocycles. The molecule has 1 aliphatic rings. The molecular formula is C11H13N3O3. The zero-order chi connectivity index (χ0) is 12.4. The summed E-state index contributed by atoms with van der Waals surface area (Å²) in [5.74, 6) is 0.0379. The third-order valence-electron chi connectivity index (χ3n) is 2.66. The number of carbonyl (C=O) groups is 2. The number of likely N-dealkylation sites (N-methyl/N-ethyl adjacent to an activating group) is 1.